The number of unbranched alkanes of at least 4 members (excludes halogenated alkanes) is 1. The molecule has 3 rings (SSSR count). The fraction of sp³-hybridized carbons (Fsp3) is 0.550. The molecule has 2 N–H and O–H groups in total. The summed E-state index contributed by atoms with van der Waals surface area (Å²) >= 11 is 0. The van der Waals surface area contributed by atoms with Crippen molar-refractivity contribution in [2.45, 2.75) is 55.9 Å². The van der Waals surface area contributed by atoms with E-state index in [9.17, 15) is 13.2 Å². The highest BCUT2D eigenvalue weighted by Gasteiger charge is 2.48. The van der Waals surface area contributed by atoms with E-state index in [0.29, 0.717) is 29.1 Å². The summed E-state index contributed by atoms with van der Waals surface area (Å²) in [4.78, 5) is 10.9. The van der Waals surface area contributed by atoms with E-state index in [-0.39, 0.29) is 12.5 Å². The Kier molecular flexibility index (Phi) is 6.14. The normalized spacial score (nSPS) is 28.0. The Bertz CT molecular complexity index is 744. The lowest BCUT2D eigenvalue weighted by molar-refractivity contribution is -0.137. The lowest BCUT2D eigenvalue weighted by Crippen LogP contribution is -2.43. The number of hydrogen-bond acceptors (Lipinski definition) is 3. The highest BCUT2D eigenvalue weighted by Crippen LogP contribution is 2.50. The quantitative estimate of drug-likeness (QED) is 0.509. The number of carbonyl (C=O) groups is 1. The van der Waals surface area contributed by atoms with E-state index in [1.165, 1.54) is 6.42 Å². The largest absolute Gasteiger partial charge is 0.481 e. The molecular formula is C20H27NO4S. The second kappa shape index (κ2) is 8.35. The van der Waals surface area contributed by atoms with Gasteiger partial charge in [-0.2, -0.15) is 0 Å². The fourth-order valence-electron chi connectivity index (χ4n) is 4.52. The molecule has 0 aromatic heterocycles. The zero-order valence-corrected chi connectivity index (χ0v) is 15.7. The van der Waals surface area contributed by atoms with E-state index in [4.69, 9.17) is 5.11 Å². The third-order valence-corrected chi connectivity index (χ3v) is 7.24. The van der Waals surface area contributed by atoms with Crippen LogP contribution in [0.3, 0.4) is 0 Å². The SMILES string of the molecule is O=C(O)CCC/C=C\C[C@H]1[C@@H]2CC[C@H](C2)[C@@H]1NS(=O)(=O)c1ccccc1. The molecule has 2 aliphatic rings. The molecule has 0 heterocycles. The standard InChI is InChI=1S/C20H27NO4S/c22-19(23)11-7-2-1-6-10-18-15-12-13-16(14-15)20(18)21-26(24,25)17-8-4-3-5-9-17/h1,3-6,8-9,15-16,18,20-21H,2,7,10-14H2,(H,22,23)/b6-1-/t15-,16-,18+,20+/m1/s1. The third kappa shape index (κ3) is 4.54. The number of fused-ring (bicyclic) bond motifs is 2. The van der Waals surface area contributed by atoms with Crippen LogP contribution in [0.4, 0.5) is 0 Å². The van der Waals surface area contributed by atoms with Gasteiger partial charge in [-0.1, -0.05) is 30.4 Å². The summed E-state index contributed by atoms with van der Waals surface area (Å²) in [5.41, 5.74) is 0. The zero-order valence-electron chi connectivity index (χ0n) is 14.9. The van der Waals surface area contributed by atoms with E-state index in [0.717, 1.165) is 25.7 Å². The van der Waals surface area contributed by atoms with Crippen LogP contribution in [0.15, 0.2) is 47.4 Å². The maximum absolute atomic E-state index is 12.7. The van der Waals surface area contributed by atoms with E-state index in [1.54, 1.807) is 24.3 Å². The molecule has 26 heavy (non-hydrogen) atoms. The summed E-state index contributed by atoms with van der Waals surface area (Å²) < 4.78 is 28.4. The Morgan fingerprint density at radius 3 is 2.62 bits per heavy atom. The van der Waals surface area contributed by atoms with Crippen molar-refractivity contribution in [3.63, 3.8) is 0 Å². The van der Waals surface area contributed by atoms with Crippen molar-refractivity contribution in [1.29, 1.82) is 0 Å². The Labute approximate surface area is 155 Å². The first-order valence-electron chi connectivity index (χ1n) is 9.41. The second-order valence-corrected chi connectivity index (χ2v) is 9.16. The number of rotatable bonds is 9. The van der Waals surface area contributed by atoms with Crippen LogP contribution < -0.4 is 4.72 Å². The fourth-order valence-corrected chi connectivity index (χ4v) is 5.90. The molecule has 2 aliphatic carbocycles. The summed E-state index contributed by atoms with van der Waals surface area (Å²) in [5, 5.41) is 8.66. The van der Waals surface area contributed by atoms with Gasteiger partial charge in [-0.05, 0) is 68.4 Å². The predicted octanol–water partition coefficient (Wildman–Crippen LogP) is 3.58. The molecule has 1 aromatic rings. The van der Waals surface area contributed by atoms with Crippen molar-refractivity contribution in [2.24, 2.45) is 17.8 Å². The van der Waals surface area contributed by atoms with Gasteiger partial charge in [0.25, 0.3) is 0 Å². The topological polar surface area (TPSA) is 83.5 Å². The van der Waals surface area contributed by atoms with Gasteiger partial charge in [-0.3, -0.25) is 4.79 Å². The number of aliphatic carboxylic acids is 1. The maximum atomic E-state index is 12.7. The summed E-state index contributed by atoms with van der Waals surface area (Å²) in [6.07, 6.45) is 10.00. The van der Waals surface area contributed by atoms with Gasteiger partial charge in [0, 0.05) is 12.5 Å². The number of carboxylic acid groups (broad SMARTS) is 1. The summed E-state index contributed by atoms with van der Waals surface area (Å²) in [7, 11) is -3.49. The molecule has 2 saturated carbocycles. The van der Waals surface area contributed by atoms with E-state index < -0.39 is 16.0 Å². The first-order valence-corrected chi connectivity index (χ1v) is 10.9. The summed E-state index contributed by atoms with van der Waals surface area (Å²) in [6, 6.07) is 8.57. The Morgan fingerprint density at radius 2 is 1.88 bits per heavy atom. The minimum atomic E-state index is -3.49. The van der Waals surface area contributed by atoms with Crippen LogP contribution in [0.25, 0.3) is 0 Å². The average Bonchev–Trinajstić information content (AvgIpc) is 3.20. The lowest BCUT2D eigenvalue weighted by Gasteiger charge is -2.31. The van der Waals surface area contributed by atoms with Crippen LogP contribution in [0, 0.1) is 17.8 Å². The highest BCUT2D eigenvalue weighted by molar-refractivity contribution is 7.89. The molecule has 0 radical (unpaired) electrons. The molecule has 0 unspecified atom stereocenters. The number of carboxylic acids is 1. The molecule has 142 valence electrons. The lowest BCUT2D eigenvalue weighted by atomic mass is 9.83. The van der Waals surface area contributed by atoms with Gasteiger partial charge < -0.3 is 5.11 Å². The average molecular weight is 378 g/mol. The molecule has 0 aliphatic heterocycles. The van der Waals surface area contributed by atoms with Crippen LogP contribution in [0.1, 0.15) is 44.9 Å². The number of hydrogen-bond donors (Lipinski definition) is 2. The second-order valence-electron chi connectivity index (χ2n) is 7.45. The zero-order chi connectivity index (χ0) is 18.6. The number of nitrogens with one attached hydrogen (secondary N) is 1. The van der Waals surface area contributed by atoms with Crippen LogP contribution in [0.5, 0.6) is 0 Å². The van der Waals surface area contributed by atoms with Gasteiger partial charge in [0.05, 0.1) is 4.90 Å². The maximum Gasteiger partial charge on any atom is 0.303 e. The molecule has 0 amide bonds. The van der Waals surface area contributed by atoms with Crippen molar-refractivity contribution >= 4 is 16.0 Å². The highest BCUT2D eigenvalue weighted by atomic mass is 32.2. The van der Waals surface area contributed by atoms with Gasteiger partial charge >= 0.3 is 5.97 Å². The van der Waals surface area contributed by atoms with Gasteiger partial charge in [0.2, 0.25) is 10.0 Å². The monoisotopic (exact) mass is 377 g/mol. The van der Waals surface area contributed by atoms with Gasteiger partial charge in [-0.15, -0.1) is 0 Å². The van der Waals surface area contributed by atoms with Crippen LogP contribution in [-0.2, 0) is 14.8 Å². The molecular weight excluding hydrogens is 350 g/mol. The van der Waals surface area contributed by atoms with E-state index in [1.807, 2.05) is 12.1 Å². The molecule has 0 spiro atoms. The van der Waals surface area contributed by atoms with Gasteiger partial charge in [-0.25, -0.2) is 13.1 Å². The van der Waals surface area contributed by atoms with Gasteiger partial charge in [0.1, 0.15) is 0 Å². The number of benzene rings is 1. The third-order valence-electron chi connectivity index (χ3n) is 5.77. The Balaban J connectivity index is 1.60. The first-order chi connectivity index (χ1) is 12.5. The Hall–Kier alpha value is -1.66. The van der Waals surface area contributed by atoms with Crippen molar-refractivity contribution in [2.75, 3.05) is 0 Å². The molecule has 2 fully saturated rings. The van der Waals surface area contributed by atoms with Crippen LogP contribution in [0.2, 0.25) is 0 Å². The van der Waals surface area contributed by atoms with Crippen molar-refractivity contribution < 1.29 is 18.3 Å². The first kappa shape index (κ1) is 19.1. The van der Waals surface area contributed by atoms with Crippen molar-refractivity contribution in [1.82, 2.24) is 4.72 Å². The number of sulfonamides is 1. The minimum absolute atomic E-state index is 0.00243. The van der Waals surface area contributed by atoms with Crippen LogP contribution >= 0.6 is 0 Å². The summed E-state index contributed by atoms with van der Waals surface area (Å²) in [6.45, 7) is 0. The molecule has 2 bridgehead atoms. The molecule has 4 atom stereocenters. The number of allylic oxidation sites excluding steroid dienone is 2. The predicted molar refractivity (Wildman–Crippen MR) is 100 cm³/mol. The van der Waals surface area contributed by atoms with Crippen LogP contribution in [-0.4, -0.2) is 25.5 Å². The molecule has 0 saturated heterocycles. The molecule has 6 heteroatoms. The summed E-state index contributed by atoms with van der Waals surface area (Å²) in [5.74, 6) is 0.598. The molecule has 5 nitrogen and oxygen atoms in total. The van der Waals surface area contributed by atoms with Crippen molar-refractivity contribution in [3.8, 4) is 0 Å². The minimum Gasteiger partial charge on any atom is -0.481 e. The van der Waals surface area contributed by atoms with E-state index in [2.05, 4.69) is 10.8 Å². The van der Waals surface area contributed by atoms with Crippen molar-refractivity contribution in [3.05, 3.63) is 42.5 Å². The van der Waals surface area contributed by atoms with E-state index >= 15 is 0 Å². The smallest absolute Gasteiger partial charge is 0.303 e. The Morgan fingerprint density at radius 1 is 1.15 bits per heavy atom. The molecule has 1 aromatic carbocycles. The van der Waals surface area contributed by atoms with Gasteiger partial charge in [0.15, 0.2) is 0 Å².